The maximum Gasteiger partial charge on any atom is 0.146 e. The van der Waals surface area contributed by atoms with Crippen molar-refractivity contribution >= 4 is 17.3 Å². The maximum absolute atomic E-state index is 9.93. The first-order chi connectivity index (χ1) is 14.6. The van der Waals surface area contributed by atoms with E-state index in [4.69, 9.17) is 21.1 Å². The molecule has 0 radical (unpaired) electrons. The van der Waals surface area contributed by atoms with Gasteiger partial charge in [-0.25, -0.2) is 0 Å². The maximum atomic E-state index is 9.93. The van der Waals surface area contributed by atoms with Gasteiger partial charge in [-0.3, -0.25) is 0 Å². The zero-order valence-electron chi connectivity index (χ0n) is 16.5. The molecule has 0 amide bonds. The highest BCUT2D eigenvalue weighted by molar-refractivity contribution is 6.18. The molecule has 0 aliphatic carbocycles. The molecule has 1 aliphatic heterocycles. The summed E-state index contributed by atoms with van der Waals surface area (Å²) in [7, 11) is 0. The number of hydrogen-bond donors (Lipinski definition) is 2. The van der Waals surface area contributed by atoms with Crippen molar-refractivity contribution < 1.29 is 19.7 Å². The highest BCUT2D eigenvalue weighted by atomic mass is 35.5. The van der Waals surface area contributed by atoms with E-state index in [1.165, 1.54) is 0 Å². The van der Waals surface area contributed by atoms with Crippen molar-refractivity contribution in [1.82, 2.24) is 0 Å². The molecule has 3 aromatic rings. The van der Waals surface area contributed by atoms with E-state index in [9.17, 15) is 10.2 Å². The van der Waals surface area contributed by atoms with Crippen LogP contribution in [0, 0.1) is 0 Å². The van der Waals surface area contributed by atoms with Crippen LogP contribution in [0.4, 0.5) is 5.69 Å². The van der Waals surface area contributed by atoms with Crippen LogP contribution in [0.2, 0.25) is 0 Å². The molecule has 0 aromatic heterocycles. The highest BCUT2D eigenvalue weighted by Crippen LogP contribution is 2.38. The second-order valence-electron chi connectivity index (χ2n) is 7.32. The van der Waals surface area contributed by atoms with Crippen LogP contribution in [0.5, 0.6) is 23.0 Å². The topological polar surface area (TPSA) is 62.2 Å². The number of rotatable bonds is 6. The third kappa shape index (κ3) is 4.74. The number of benzene rings is 3. The summed E-state index contributed by atoms with van der Waals surface area (Å²) in [5.74, 6) is 2.42. The zero-order chi connectivity index (χ0) is 20.9. The smallest absolute Gasteiger partial charge is 0.146 e. The summed E-state index contributed by atoms with van der Waals surface area (Å²) in [4.78, 5) is 2.25. The molecule has 1 atom stereocenters. The Labute approximate surface area is 181 Å². The average Bonchev–Trinajstić information content (AvgIpc) is 2.92. The van der Waals surface area contributed by atoms with Gasteiger partial charge in [-0.15, -0.1) is 11.6 Å². The van der Waals surface area contributed by atoms with Gasteiger partial charge < -0.3 is 24.6 Å². The Hall–Kier alpha value is -3.05. The first kappa shape index (κ1) is 20.2. The lowest BCUT2D eigenvalue weighted by Gasteiger charge is -2.27. The fraction of sp³-hybridized carbons (Fsp3) is 0.250. The molecule has 1 unspecified atom stereocenters. The Morgan fingerprint density at radius 2 is 1.80 bits per heavy atom. The molecule has 1 aliphatic rings. The molecule has 1 heterocycles. The number of ether oxygens (including phenoxy) is 2. The third-order valence-electron chi connectivity index (χ3n) is 5.15. The fourth-order valence-electron chi connectivity index (χ4n) is 3.70. The minimum atomic E-state index is 0.107. The molecule has 0 saturated carbocycles. The summed E-state index contributed by atoms with van der Waals surface area (Å²) in [6.45, 7) is 2.34. The van der Waals surface area contributed by atoms with Gasteiger partial charge >= 0.3 is 0 Å². The summed E-state index contributed by atoms with van der Waals surface area (Å²) < 4.78 is 11.7. The van der Waals surface area contributed by atoms with Crippen molar-refractivity contribution in [3.8, 4) is 23.0 Å². The molecular formula is C24H24ClNO4. The Bertz CT molecular complexity index is 993. The van der Waals surface area contributed by atoms with E-state index in [2.05, 4.69) is 11.0 Å². The van der Waals surface area contributed by atoms with Gasteiger partial charge in [-0.2, -0.15) is 0 Å². The van der Waals surface area contributed by atoms with Gasteiger partial charge in [0.05, 0.1) is 18.2 Å². The average molecular weight is 426 g/mol. The molecule has 156 valence electrons. The lowest BCUT2D eigenvalue weighted by Crippen LogP contribution is -2.28. The standard InChI is InChI=1S/C24H24ClNO4/c25-10-11-29-22-3-1-2-17(12-22)14-26-15-19(18-4-6-20(27)7-5-18)16-30-24-13-21(28)8-9-23(24)26/h1-9,12-13,19,27-28H,10-11,14-16H2. The van der Waals surface area contributed by atoms with E-state index in [1.54, 1.807) is 24.3 Å². The largest absolute Gasteiger partial charge is 0.508 e. The summed E-state index contributed by atoms with van der Waals surface area (Å²) in [5, 5.41) is 19.6. The second kappa shape index (κ2) is 9.18. The van der Waals surface area contributed by atoms with E-state index in [0.29, 0.717) is 31.4 Å². The molecule has 5 nitrogen and oxygen atoms in total. The summed E-state index contributed by atoms with van der Waals surface area (Å²) in [5.41, 5.74) is 3.13. The van der Waals surface area contributed by atoms with Crippen LogP contribution in [0.15, 0.2) is 66.7 Å². The van der Waals surface area contributed by atoms with E-state index in [-0.39, 0.29) is 17.4 Å². The first-order valence-electron chi connectivity index (χ1n) is 9.90. The number of hydrogen-bond acceptors (Lipinski definition) is 5. The van der Waals surface area contributed by atoms with Crippen LogP contribution in [0.25, 0.3) is 0 Å². The molecule has 2 N–H and O–H groups in total. The highest BCUT2D eigenvalue weighted by Gasteiger charge is 2.25. The lowest BCUT2D eigenvalue weighted by atomic mass is 9.99. The Morgan fingerprint density at radius 1 is 1.00 bits per heavy atom. The van der Waals surface area contributed by atoms with Crippen molar-refractivity contribution in [2.75, 3.05) is 30.5 Å². The fourth-order valence-corrected chi connectivity index (χ4v) is 3.77. The minimum Gasteiger partial charge on any atom is -0.508 e. The van der Waals surface area contributed by atoms with Crippen LogP contribution in [0.1, 0.15) is 17.0 Å². The first-order valence-corrected chi connectivity index (χ1v) is 10.4. The Morgan fingerprint density at radius 3 is 2.60 bits per heavy atom. The number of aromatic hydroxyl groups is 2. The molecule has 0 fully saturated rings. The van der Waals surface area contributed by atoms with Crippen molar-refractivity contribution in [3.63, 3.8) is 0 Å². The van der Waals surface area contributed by atoms with Gasteiger partial charge in [0.2, 0.25) is 0 Å². The van der Waals surface area contributed by atoms with Crippen molar-refractivity contribution in [3.05, 3.63) is 77.9 Å². The van der Waals surface area contributed by atoms with Gasteiger partial charge in [0, 0.05) is 25.1 Å². The molecule has 30 heavy (non-hydrogen) atoms. The summed E-state index contributed by atoms with van der Waals surface area (Å²) in [6.07, 6.45) is 0. The van der Waals surface area contributed by atoms with Gasteiger partial charge in [0.1, 0.15) is 29.6 Å². The van der Waals surface area contributed by atoms with Crippen LogP contribution in [-0.4, -0.2) is 35.9 Å². The van der Waals surface area contributed by atoms with Crippen molar-refractivity contribution in [1.29, 1.82) is 0 Å². The van der Waals surface area contributed by atoms with Crippen LogP contribution in [-0.2, 0) is 6.54 Å². The number of halogens is 1. The normalized spacial score (nSPS) is 15.8. The minimum absolute atomic E-state index is 0.107. The van der Waals surface area contributed by atoms with E-state index in [0.717, 1.165) is 29.1 Å². The monoisotopic (exact) mass is 425 g/mol. The number of alkyl halides is 1. The molecule has 4 rings (SSSR count). The van der Waals surface area contributed by atoms with E-state index in [1.807, 2.05) is 36.4 Å². The van der Waals surface area contributed by atoms with Crippen LogP contribution < -0.4 is 14.4 Å². The van der Waals surface area contributed by atoms with Gasteiger partial charge in [0.25, 0.3) is 0 Å². The van der Waals surface area contributed by atoms with Gasteiger partial charge in [0.15, 0.2) is 0 Å². The Balaban J connectivity index is 1.63. The summed E-state index contributed by atoms with van der Waals surface area (Å²) in [6, 6.07) is 20.4. The van der Waals surface area contributed by atoms with Crippen molar-refractivity contribution in [2.45, 2.75) is 12.5 Å². The summed E-state index contributed by atoms with van der Waals surface area (Å²) >= 11 is 5.73. The van der Waals surface area contributed by atoms with Crippen LogP contribution in [0.3, 0.4) is 0 Å². The second-order valence-corrected chi connectivity index (χ2v) is 7.69. The number of anilines is 1. The number of fused-ring (bicyclic) bond motifs is 1. The molecule has 0 bridgehead atoms. The molecule has 0 spiro atoms. The SMILES string of the molecule is Oc1ccc(C2COc3cc(O)ccc3N(Cc3cccc(OCCCl)c3)C2)cc1. The number of phenols is 2. The van der Waals surface area contributed by atoms with Crippen LogP contribution >= 0.6 is 11.6 Å². The van der Waals surface area contributed by atoms with Gasteiger partial charge in [-0.05, 0) is 47.5 Å². The quantitative estimate of drug-likeness (QED) is 0.550. The predicted octanol–water partition coefficient (Wildman–Crippen LogP) is 4.90. The zero-order valence-corrected chi connectivity index (χ0v) is 17.3. The number of nitrogens with zero attached hydrogens (tertiary/aromatic N) is 1. The molecule has 6 heteroatoms. The molecule has 0 saturated heterocycles. The third-order valence-corrected chi connectivity index (χ3v) is 5.30. The van der Waals surface area contributed by atoms with Gasteiger partial charge in [-0.1, -0.05) is 24.3 Å². The predicted molar refractivity (Wildman–Crippen MR) is 118 cm³/mol. The molecule has 3 aromatic carbocycles. The molecular weight excluding hydrogens is 402 g/mol. The van der Waals surface area contributed by atoms with Crippen molar-refractivity contribution in [2.24, 2.45) is 0 Å². The number of phenolic OH excluding ortho intramolecular Hbond substituents is 2. The van der Waals surface area contributed by atoms with E-state index >= 15 is 0 Å². The Kier molecular flexibility index (Phi) is 6.19. The van der Waals surface area contributed by atoms with E-state index < -0.39 is 0 Å². The lowest BCUT2D eigenvalue weighted by molar-refractivity contribution is 0.298.